The first-order chi connectivity index (χ1) is 8.79. The third kappa shape index (κ3) is 1.91. The lowest BCUT2D eigenvalue weighted by atomic mass is 10.1. The van der Waals surface area contributed by atoms with Gasteiger partial charge < -0.3 is 0 Å². The molecule has 18 heavy (non-hydrogen) atoms. The fourth-order valence-corrected chi connectivity index (χ4v) is 3.49. The Morgan fingerprint density at radius 2 is 1.89 bits per heavy atom. The van der Waals surface area contributed by atoms with E-state index in [0.717, 1.165) is 9.86 Å². The molecule has 0 radical (unpaired) electrons. The second-order valence-electron chi connectivity index (χ2n) is 4.08. The van der Waals surface area contributed by atoms with Crippen molar-refractivity contribution < 1.29 is 0 Å². The van der Waals surface area contributed by atoms with Gasteiger partial charge in [0, 0.05) is 10.9 Å². The van der Waals surface area contributed by atoms with Crippen LogP contribution >= 0.6 is 23.1 Å². The minimum Gasteiger partial charge on any atom is -0.229 e. The minimum atomic E-state index is 1.05. The molecule has 2 nitrogen and oxygen atoms in total. The molecule has 0 aliphatic rings. The number of hydrogen-bond acceptors (Lipinski definition) is 4. The van der Waals surface area contributed by atoms with E-state index in [1.165, 1.54) is 22.1 Å². The second kappa shape index (κ2) is 4.71. The van der Waals surface area contributed by atoms with Crippen LogP contribution in [0.25, 0.3) is 21.3 Å². The molecule has 0 saturated heterocycles. The van der Waals surface area contributed by atoms with Crippen LogP contribution in [-0.2, 0) is 0 Å². The van der Waals surface area contributed by atoms with Gasteiger partial charge in [0.2, 0.25) is 0 Å². The van der Waals surface area contributed by atoms with Crippen molar-refractivity contribution in [1.29, 1.82) is 0 Å². The molecule has 3 rings (SSSR count). The number of aromatic nitrogens is 2. The van der Waals surface area contributed by atoms with E-state index >= 15 is 0 Å². The highest BCUT2D eigenvalue weighted by atomic mass is 32.2. The highest BCUT2D eigenvalue weighted by Gasteiger charge is 2.11. The average Bonchev–Trinajstić information content (AvgIpc) is 2.83. The molecule has 0 aliphatic heterocycles. The Balaban J connectivity index is 2.26. The van der Waals surface area contributed by atoms with Gasteiger partial charge in [0.05, 0.1) is 5.39 Å². The number of benzene rings is 1. The lowest BCUT2D eigenvalue weighted by Gasteiger charge is -2.03. The Bertz CT molecular complexity index is 687. The predicted octanol–water partition coefficient (Wildman–Crippen LogP) is 4.39. The van der Waals surface area contributed by atoms with Crippen LogP contribution < -0.4 is 0 Å². The third-order valence-corrected chi connectivity index (χ3v) is 4.47. The van der Waals surface area contributed by atoms with Gasteiger partial charge in [-0.3, -0.25) is 0 Å². The maximum absolute atomic E-state index is 4.36. The smallest absolute Gasteiger partial charge is 0.128 e. The molecule has 0 saturated carbocycles. The molecule has 0 unspecified atom stereocenters. The maximum Gasteiger partial charge on any atom is 0.128 e. The molecule has 2 heterocycles. The highest BCUT2D eigenvalue weighted by Crippen LogP contribution is 2.37. The molecular weight excluding hydrogens is 260 g/mol. The molecule has 90 valence electrons. The fraction of sp³-hybridized carbons (Fsp3) is 0.143. The summed E-state index contributed by atoms with van der Waals surface area (Å²) in [5.74, 6) is 0. The third-order valence-electron chi connectivity index (χ3n) is 2.89. The van der Waals surface area contributed by atoms with Crippen molar-refractivity contribution in [2.45, 2.75) is 11.9 Å². The number of fused-ring (bicyclic) bond motifs is 1. The Morgan fingerprint density at radius 1 is 1.11 bits per heavy atom. The topological polar surface area (TPSA) is 25.8 Å². The van der Waals surface area contributed by atoms with Crippen LogP contribution in [0.3, 0.4) is 0 Å². The molecule has 0 fully saturated rings. The van der Waals surface area contributed by atoms with Gasteiger partial charge in [-0.2, -0.15) is 0 Å². The molecule has 4 heteroatoms. The summed E-state index contributed by atoms with van der Waals surface area (Å²) < 4.78 is 0. The number of thiophene rings is 1. The van der Waals surface area contributed by atoms with E-state index in [0.29, 0.717) is 0 Å². The van der Waals surface area contributed by atoms with Crippen LogP contribution in [-0.4, -0.2) is 16.2 Å². The van der Waals surface area contributed by atoms with Gasteiger partial charge in [0.15, 0.2) is 0 Å². The number of hydrogen-bond donors (Lipinski definition) is 0. The summed E-state index contributed by atoms with van der Waals surface area (Å²) in [6.45, 7) is 2.10. The molecule has 0 bridgehead atoms. The van der Waals surface area contributed by atoms with Crippen LogP contribution in [0.15, 0.2) is 41.0 Å². The van der Waals surface area contributed by atoms with Gasteiger partial charge in [-0.1, -0.05) is 29.8 Å². The lowest BCUT2D eigenvalue weighted by Crippen LogP contribution is -1.84. The fourth-order valence-electron chi connectivity index (χ4n) is 1.95. The molecule has 3 aromatic rings. The minimum absolute atomic E-state index is 1.05. The van der Waals surface area contributed by atoms with Gasteiger partial charge in [0.1, 0.15) is 16.2 Å². The van der Waals surface area contributed by atoms with E-state index in [1.54, 1.807) is 29.4 Å². The molecule has 0 aliphatic carbocycles. The Kier molecular flexibility index (Phi) is 3.06. The summed E-state index contributed by atoms with van der Waals surface area (Å²) in [7, 11) is 0. The van der Waals surface area contributed by atoms with E-state index in [4.69, 9.17) is 0 Å². The van der Waals surface area contributed by atoms with Crippen molar-refractivity contribution in [3.05, 3.63) is 41.5 Å². The summed E-state index contributed by atoms with van der Waals surface area (Å²) in [5.41, 5.74) is 3.75. The summed E-state index contributed by atoms with van der Waals surface area (Å²) >= 11 is 3.35. The number of aryl methyl sites for hydroxylation is 1. The molecular formula is C14H12N2S2. The first-order valence-corrected chi connectivity index (χ1v) is 7.73. The quantitative estimate of drug-likeness (QED) is 0.511. The normalized spacial score (nSPS) is 11.0. The first kappa shape index (κ1) is 11.7. The van der Waals surface area contributed by atoms with Crippen LogP contribution in [0.4, 0.5) is 0 Å². The Labute approximate surface area is 114 Å². The van der Waals surface area contributed by atoms with Crippen molar-refractivity contribution in [1.82, 2.24) is 9.97 Å². The zero-order valence-corrected chi connectivity index (χ0v) is 11.8. The molecule has 0 amide bonds. The second-order valence-corrected chi connectivity index (χ2v) is 5.73. The summed E-state index contributed by atoms with van der Waals surface area (Å²) in [6.07, 6.45) is 3.70. The zero-order chi connectivity index (χ0) is 12.5. The van der Waals surface area contributed by atoms with Crippen molar-refractivity contribution in [2.24, 2.45) is 0 Å². The van der Waals surface area contributed by atoms with Crippen molar-refractivity contribution in [3.63, 3.8) is 0 Å². The van der Waals surface area contributed by atoms with Crippen molar-refractivity contribution in [3.8, 4) is 11.1 Å². The molecule has 0 spiro atoms. The lowest BCUT2D eigenvalue weighted by molar-refractivity contribution is 1.11. The predicted molar refractivity (Wildman–Crippen MR) is 79.4 cm³/mol. The van der Waals surface area contributed by atoms with Gasteiger partial charge in [-0.15, -0.1) is 23.1 Å². The van der Waals surface area contributed by atoms with Crippen LogP contribution in [0, 0.1) is 6.92 Å². The number of rotatable bonds is 2. The molecule has 0 N–H and O–H groups in total. The number of thioether (sulfide) groups is 1. The number of nitrogens with zero attached hydrogens (tertiary/aromatic N) is 2. The largest absolute Gasteiger partial charge is 0.229 e. The SMILES string of the molecule is CSc1ncnc2scc(-c3ccc(C)cc3)c12. The monoisotopic (exact) mass is 272 g/mol. The van der Waals surface area contributed by atoms with Gasteiger partial charge in [0.25, 0.3) is 0 Å². The van der Waals surface area contributed by atoms with E-state index in [-0.39, 0.29) is 0 Å². The van der Waals surface area contributed by atoms with Crippen molar-refractivity contribution >= 4 is 33.3 Å². The van der Waals surface area contributed by atoms with E-state index in [2.05, 4.69) is 52.8 Å². The highest BCUT2D eigenvalue weighted by molar-refractivity contribution is 7.98. The van der Waals surface area contributed by atoms with E-state index < -0.39 is 0 Å². The van der Waals surface area contributed by atoms with Gasteiger partial charge in [-0.05, 0) is 18.7 Å². The van der Waals surface area contributed by atoms with Crippen LogP contribution in [0.1, 0.15) is 5.56 Å². The van der Waals surface area contributed by atoms with E-state index in [9.17, 15) is 0 Å². The van der Waals surface area contributed by atoms with Crippen molar-refractivity contribution in [2.75, 3.05) is 6.26 Å². The maximum atomic E-state index is 4.36. The average molecular weight is 272 g/mol. The first-order valence-electron chi connectivity index (χ1n) is 5.63. The molecule has 1 aromatic carbocycles. The summed E-state index contributed by atoms with van der Waals surface area (Å²) in [6, 6.07) is 8.60. The Hall–Kier alpha value is -1.39. The van der Waals surface area contributed by atoms with E-state index in [1.807, 2.05) is 0 Å². The van der Waals surface area contributed by atoms with Gasteiger partial charge in [-0.25, -0.2) is 9.97 Å². The van der Waals surface area contributed by atoms with Crippen LogP contribution in [0.2, 0.25) is 0 Å². The molecule has 0 atom stereocenters. The Morgan fingerprint density at radius 3 is 2.61 bits per heavy atom. The zero-order valence-electron chi connectivity index (χ0n) is 10.2. The summed E-state index contributed by atoms with van der Waals surface area (Å²) in [4.78, 5) is 9.77. The molecule has 2 aromatic heterocycles. The summed E-state index contributed by atoms with van der Waals surface area (Å²) in [5, 5.41) is 4.40. The van der Waals surface area contributed by atoms with Crippen LogP contribution in [0.5, 0.6) is 0 Å². The standard InChI is InChI=1S/C14H12N2S2/c1-9-3-5-10(6-4-9)11-7-18-14-12(11)13(17-2)15-8-16-14/h3-8H,1-2H3. The van der Waals surface area contributed by atoms with Gasteiger partial charge >= 0.3 is 0 Å².